The third kappa shape index (κ3) is 3.59. The molecule has 1 aromatic carbocycles. The van der Waals surface area contributed by atoms with Crippen molar-refractivity contribution in [2.45, 2.75) is 64.0 Å². The molecule has 1 aromatic heterocycles. The topological polar surface area (TPSA) is 49.4 Å². The van der Waals surface area contributed by atoms with Crippen molar-refractivity contribution in [3.63, 3.8) is 0 Å². The van der Waals surface area contributed by atoms with E-state index in [9.17, 15) is 9.59 Å². The molecular weight excluding hydrogens is 416 g/mol. The third-order valence-corrected chi connectivity index (χ3v) is 9.53. The van der Waals surface area contributed by atoms with Crippen molar-refractivity contribution in [1.82, 2.24) is 10.2 Å². The van der Waals surface area contributed by atoms with Gasteiger partial charge in [-0.3, -0.25) is 9.59 Å². The van der Waals surface area contributed by atoms with Crippen LogP contribution in [0.15, 0.2) is 41.8 Å². The van der Waals surface area contributed by atoms with E-state index in [1.54, 1.807) is 11.3 Å². The van der Waals surface area contributed by atoms with Gasteiger partial charge in [0.15, 0.2) is 0 Å². The van der Waals surface area contributed by atoms with Crippen molar-refractivity contribution in [2.24, 2.45) is 23.2 Å². The van der Waals surface area contributed by atoms with Gasteiger partial charge in [0.2, 0.25) is 5.91 Å². The fraction of sp³-hybridized carbons (Fsp3) is 0.556. The number of nitrogens with zero attached hydrogens (tertiary/aromatic N) is 1. The molecule has 4 saturated carbocycles. The minimum atomic E-state index is -0.1000. The molecule has 1 unspecified atom stereocenters. The Hall–Kier alpha value is -2.14. The number of rotatable bonds is 5. The standard InChI is InChI=1S/C27H32N2O2S/c30-25(29-9-1-3-23(29)24-4-2-10-32-24)22-7-5-18(6-8-22)17-28-26(31)27-14-19-11-20(15-27)13-21(12-19)16-27/h2,4-8,10,19-21,23H,1,3,9,11-17H2,(H,28,31). The normalized spacial score (nSPS) is 32.9. The van der Waals surface area contributed by atoms with Crippen LogP contribution in [0.2, 0.25) is 0 Å². The van der Waals surface area contributed by atoms with Crippen LogP contribution in [0.3, 0.4) is 0 Å². The van der Waals surface area contributed by atoms with Crippen LogP contribution in [0.4, 0.5) is 0 Å². The van der Waals surface area contributed by atoms with E-state index in [0.29, 0.717) is 6.54 Å². The Bertz CT molecular complexity index is 962. The molecule has 0 spiro atoms. The molecule has 4 nitrogen and oxygen atoms in total. The van der Waals surface area contributed by atoms with Gasteiger partial charge in [-0.05, 0) is 98.3 Å². The Morgan fingerprint density at radius 1 is 1.00 bits per heavy atom. The summed E-state index contributed by atoms with van der Waals surface area (Å²) in [6.07, 6.45) is 9.45. The molecule has 1 saturated heterocycles. The second-order valence-corrected chi connectivity index (χ2v) is 11.7. The highest BCUT2D eigenvalue weighted by atomic mass is 32.1. The van der Waals surface area contributed by atoms with Crippen molar-refractivity contribution < 1.29 is 9.59 Å². The van der Waals surface area contributed by atoms with Crippen molar-refractivity contribution in [1.29, 1.82) is 0 Å². The molecular formula is C27H32N2O2S. The Kier molecular flexibility index (Phi) is 5.13. The maximum Gasteiger partial charge on any atom is 0.254 e. The van der Waals surface area contributed by atoms with Gasteiger partial charge in [-0.15, -0.1) is 11.3 Å². The van der Waals surface area contributed by atoms with Gasteiger partial charge in [-0.2, -0.15) is 0 Å². The molecule has 2 heterocycles. The van der Waals surface area contributed by atoms with Crippen LogP contribution >= 0.6 is 11.3 Å². The number of likely N-dealkylation sites (tertiary alicyclic amines) is 1. The summed E-state index contributed by atoms with van der Waals surface area (Å²) in [5, 5.41) is 5.34. The smallest absolute Gasteiger partial charge is 0.254 e. The van der Waals surface area contributed by atoms with Crippen molar-refractivity contribution in [2.75, 3.05) is 6.54 Å². The van der Waals surface area contributed by atoms with Crippen molar-refractivity contribution in [3.05, 3.63) is 57.8 Å². The summed E-state index contributed by atoms with van der Waals surface area (Å²) in [7, 11) is 0. The van der Waals surface area contributed by atoms with Crippen LogP contribution < -0.4 is 5.32 Å². The van der Waals surface area contributed by atoms with Crippen LogP contribution in [-0.4, -0.2) is 23.3 Å². The first-order valence-corrected chi connectivity index (χ1v) is 13.2. The minimum Gasteiger partial charge on any atom is -0.352 e. The van der Waals surface area contributed by atoms with Gasteiger partial charge >= 0.3 is 0 Å². The molecule has 2 amide bonds. The zero-order chi connectivity index (χ0) is 21.7. The lowest BCUT2D eigenvalue weighted by molar-refractivity contribution is -0.146. The second-order valence-electron chi connectivity index (χ2n) is 10.7. The van der Waals surface area contributed by atoms with Gasteiger partial charge in [0.05, 0.1) is 6.04 Å². The van der Waals surface area contributed by atoms with E-state index in [-0.39, 0.29) is 23.3 Å². The number of thiophene rings is 1. The van der Waals surface area contributed by atoms with Crippen LogP contribution in [0.5, 0.6) is 0 Å². The zero-order valence-corrected chi connectivity index (χ0v) is 19.4. The molecule has 7 rings (SSSR count). The number of nitrogens with one attached hydrogen (secondary N) is 1. The van der Waals surface area contributed by atoms with Crippen LogP contribution in [0.1, 0.15) is 78.2 Å². The molecule has 0 radical (unpaired) electrons. The number of hydrogen-bond acceptors (Lipinski definition) is 3. The molecule has 5 aliphatic rings. The average Bonchev–Trinajstić information content (AvgIpc) is 3.48. The van der Waals surface area contributed by atoms with Gasteiger partial charge in [0.25, 0.3) is 5.91 Å². The highest BCUT2D eigenvalue weighted by molar-refractivity contribution is 7.10. The molecule has 32 heavy (non-hydrogen) atoms. The van der Waals surface area contributed by atoms with E-state index >= 15 is 0 Å². The lowest BCUT2D eigenvalue weighted by Gasteiger charge is -2.55. The SMILES string of the molecule is O=C(c1ccc(CNC(=O)C23CC4CC(CC(C4)C2)C3)cc1)N1CCCC1c1cccs1. The van der Waals surface area contributed by atoms with E-state index in [1.165, 1.54) is 24.1 Å². The maximum atomic E-state index is 13.2. The average molecular weight is 449 g/mol. The van der Waals surface area contributed by atoms with Gasteiger partial charge in [-0.1, -0.05) is 18.2 Å². The molecule has 5 fully saturated rings. The van der Waals surface area contributed by atoms with E-state index in [4.69, 9.17) is 0 Å². The predicted octanol–water partition coefficient (Wildman–Crippen LogP) is 5.56. The molecule has 2 aromatic rings. The summed E-state index contributed by atoms with van der Waals surface area (Å²) in [6.45, 7) is 1.38. The largest absolute Gasteiger partial charge is 0.352 e. The van der Waals surface area contributed by atoms with Gasteiger partial charge < -0.3 is 10.2 Å². The third-order valence-electron chi connectivity index (χ3n) is 8.56. The zero-order valence-electron chi connectivity index (χ0n) is 18.6. The second kappa shape index (κ2) is 8.02. The molecule has 4 bridgehead atoms. The quantitative estimate of drug-likeness (QED) is 0.651. The number of benzene rings is 1. The molecule has 1 N–H and O–H groups in total. The summed E-state index contributed by atoms with van der Waals surface area (Å²) in [4.78, 5) is 29.6. The number of carbonyl (C=O) groups is 2. The van der Waals surface area contributed by atoms with Gasteiger partial charge in [-0.25, -0.2) is 0 Å². The highest BCUT2D eigenvalue weighted by Crippen LogP contribution is 2.60. The Balaban J connectivity index is 1.09. The molecule has 4 aliphatic carbocycles. The van der Waals surface area contributed by atoms with Crippen LogP contribution in [0.25, 0.3) is 0 Å². The summed E-state index contributed by atoms with van der Waals surface area (Å²) >= 11 is 1.73. The number of amides is 2. The van der Waals surface area contributed by atoms with Crippen LogP contribution in [0, 0.1) is 23.2 Å². The fourth-order valence-corrected chi connectivity index (χ4v) is 8.35. The Morgan fingerprint density at radius 3 is 2.31 bits per heavy atom. The Labute approximate surface area is 194 Å². The first-order valence-electron chi connectivity index (χ1n) is 12.3. The van der Waals surface area contributed by atoms with Crippen molar-refractivity contribution >= 4 is 23.2 Å². The molecule has 1 atom stereocenters. The highest BCUT2D eigenvalue weighted by Gasteiger charge is 2.54. The summed E-state index contributed by atoms with van der Waals surface area (Å²) in [6, 6.07) is 12.3. The Morgan fingerprint density at radius 2 is 1.69 bits per heavy atom. The monoisotopic (exact) mass is 448 g/mol. The first-order chi connectivity index (χ1) is 15.6. The van der Waals surface area contributed by atoms with Gasteiger partial charge in [0.1, 0.15) is 0 Å². The maximum absolute atomic E-state index is 13.2. The predicted molar refractivity (Wildman–Crippen MR) is 126 cm³/mol. The summed E-state index contributed by atoms with van der Waals surface area (Å²) in [5.74, 6) is 2.72. The van der Waals surface area contributed by atoms with Gasteiger partial charge in [0, 0.05) is 28.9 Å². The molecule has 1 aliphatic heterocycles. The number of carbonyl (C=O) groups excluding carboxylic acids is 2. The lowest BCUT2D eigenvalue weighted by Crippen LogP contribution is -2.53. The lowest BCUT2D eigenvalue weighted by atomic mass is 9.49. The first kappa shape index (κ1) is 20.5. The summed E-state index contributed by atoms with van der Waals surface area (Å²) < 4.78 is 0. The van der Waals surface area contributed by atoms with Crippen molar-refractivity contribution in [3.8, 4) is 0 Å². The number of hydrogen-bond donors (Lipinski definition) is 1. The summed E-state index contributed by atoms with van der Waals surface area (Å²) in [5.41, 5.74) is 1.71. The minimum absolute atomic E-state index is 0.1000. The van der Waals surface area contributed by atoms with E-state index in [2.05, 4.69) is 22.8 Å². The molecule has 5 heteroatoms. The van der Waals surface area contributed by atoms with E-state index < -0.39 is 0 Å². The van der Waals surface area contributed by atoms with E-state index in [1.807, 2.05) is 29.2 Å². The van der Waals surface area contributed by atoms with Crippen LogP contribution in [-0.2, 0) is 11.3 Å². The van der Waals surface area contributed by atoms with E-state index in [0.717, 1.165) is 67.5 Å². The fourth-order valence-electron chi connectivity index (χ4n) is 7.48. The molecule has 168 valence electrons.